The second-order valence-corrected chi connectivity index (χ2v) is 2.47. The van der Waals surface area contributed by atoms with Crippen LogP contribution in [0.4, 0.5) is 0 Å². The summed E-state index contributed by atoms with van der Waals surface area (Å²) in [6, 6.07) is 0. The van der Waals surface area contributed by atoms with Crippen LogP contribution in [0.25, 0.3) is 0 Å². The lowest BCUT2D eigenvalue weighted by molar-refractivity contribution is 0.0942. The van der Waals surface area contributed by atoms with Crippen LogP contribution in [-0.4, -0.2) is 22.4 Å². The van der Waals surface area contributed by atoms with Crippen molar-refractivity contribution in [3.05, 3.63) is 18.1 Å². The van der Waals surface area contributed by atoms with Gasteiger partial charge in [-0.05, 0) is 6.42 Å². The van der Waals surface area contributed by atoms with Gasteiger partial charge >= 0.3 is 5.88 Å². The zero-order valence-electron chi connectivity index (χ0n) is 7.28. The first-order valence-corrected chi connectivity index (χ1v) is 4.02. The fourth-order valence-corrected chi connectivity index (χ4v) is 0.803. The second-order valence-electron chi connectivity index (χ2n) is 2.47. The topological polar surface area (TPSA) is 74.8 Å². The summed E-state index contributed by atoms with van der Waals surface area (Å²) < 4.78 is 0. The van der Waals surface area contributed by atoms with E-state index < -0.39 is 11.8 Å². The normalized spacial score (nSPS) is 9.62. The Kier molecular flexibility index (Phi) is 3.19. The van der Waals surface area contributed by atoms with Crippen molar-refractivity contribution in [1.29, 1.82) is 0 Å². The van der Waals surface area contributed by atoms with Crippen molar-refractivity contribution in [2.24, 2.45) is 0 Å². The first kappa shape index (κ1) is 9.44. The van der Waals surface area contributed by atoms with Gasteiger partial charge in [0.25, 0.3) is 5.91 Å². The third-order valence-electron chi connectivity index (χ3n) is 1.42. The van der Waals surface area contributed by atoms with Crippen molar-refractivity contribution in [3.63, 3.8) is 0 Å². The molecule has 1 heterocycles. The molecule has 1 radical (unpaired) electrons. The molecular formula is C8H10N3O2. The summed E-state index contributed by atoms with van der Waals surface area (Å²) in [5.41, 5.74) is -0.143. The van der Waals surface area contributed by atoms with Gasteiger partial charge in [0.15, 0.2) is 5.69 Å². The molecule has 1 aromatic rings. The molecule has 0 saturated heterocycles. The summed E-state index contributed by atoms with van der Waals surface area (Å²) in [5, 5.41) is 13.5. The first-order chi connectivity index (χ1) is 6.25. The maximum atomic E-state index is 11.2. The van der Waals surface area contributed by atoms with Crippen LogP contribution in [0.2, 0.25) is 0 Å². The Balaban J connectivity index is 2.71. The smallest absolute Gasteiger partial charge is 0.301 e. The van der Waals surface area contributed by atoms with E-state index >= 15 is 0 Å². The number of hydrogen-bond acceptors (Lipinski definition) is 3. The Morgan fingerprint density at radius 2 is 2.15 bits per heavy atom. The largest absolute Gasteiger partial charge is 0.351 e. The van der Waals surface area contributed by atoms with Gasteiger partial charge in [-0.25, -0.2) is 9.97 Å². The highest BCUT2D eigenvalue weighted by atomic mass is 16.3. The summed E-state index contributed by atoms with van der Waals surface area (Å²) in [4.78, 5) is 18.3. The van der Waals surface area contributed by atoms with E-state index in [1.807, 2.05) is 6.92 Å². The van der Waals surface area contributed by atoms with Gasteiger partial charge in [0, 0.05) is 18.9 Å². The number of nitrogens with zero attached hydrogens (tertiary/aromatic N) is 2. The van der Waals surface area contributed by atoms with E-state index in [2.05, 4.69) is 15.3 Å². The van der Waals surface area contributed by atoms with E-state index in [0.29, 0.717) is 6.54 Å². The van der Waals surface area contributed by atoms with Crippen molar-refractivity contribution in [3.8, 4) is 5.88 Å². The fraction of sp³-hybridized carbons (Fsp3) is 0.375. The number of hydrogen-bond donors (Lipinski definition) is 1. The zero-order chi connectivity index (χ0) is 9.68. The van der Waals surface area contributed by atoms with Crippen molar-refractivity contribution in [1.82, 2.24) is 15.3 Å². The number of amides is 1. The van der Waals surface area contributed by atoms with Crippen molar-refractivity contribution in [2.75, 3.05) is 6.54 Å². The fourth-order valence-electron chi connectivity index (χ4n) is 0.803. The highest BCUT2D eigenvalue weighted by molar-refractivity contribution is 5.94. The maximum absolute atomic E-state index is 11.2. The molecular weight excluding hydrogens is 170 g/mol. The molecule has 0 unspecified atom stereocenters. The van der Waals surface area contributed by atoms with E-state index in [1.54, 1.807) is 0 Å². The number of carbonyl (C=O) groups is 1. The minimum atomic E-state index is -0.587. The molecule has 1 aromatic heterocycles. The monoisotopic (exact) mass is 180 g/mol. The van der Waals surface area contributed by atoms with Crippen LogP contribution < -0.4 is 5.32 Å². The van der Waals surface area contributed by atoms with Gasteiger partial charge in [0.05, 0.1) is 0 Å². The maximum Gasteiger partial charge on any atom is 0.301 e. The molecule has 5 nitrogen and oxygen atoms in total. The standard InChI is InChI=1S/C8H10N3O2/c1-2-3-10-7(12)6-8(13)11-5-4-9-6/h4-5H,2-3H2,1H3,(H,10,12). The first-order valence-electron chi connectivity index (χ1n) is 4.02. The molecule has 1 amide bonds. The van der Waals surface area contributed by atoms with E-state index in [0.717, 1.165) is 6.42 Å². The summed E-state index contributed by atoms with van der Waals surface area (Å²) in [5.74, 6) is -1.05. The number of nitrogens with one attached hydrogen (secondary N) is 1. The lowest BCUT2D eigenvalue weighted by atomic mass is 10.4. The molecule has 69 valence electrons. The van der Waals surface area contributed by atoms with Crippen LogP contribution in [-0.2, 0) is 5.11 Å². The van der Waals surface area contributed by atoms with Crippen molar-refractivity contribution in [2.45, 2.75) is 13.3 Å². The lowest BCUT2D eigenvalue weighted by Crippen LogP contribution is -2.25. The molecule has 5 heteroatoms. The Hall–Kier alpha value is -1.65. The molecule has 1 N–H and O–H groups in total. The average molecular weight is 180 g/mol. The van der Waals surface area contributed by atoms with Gasteiger partial charge in [-0.1, -0.05) is 6.92 Å². The van der Waals surface area contributed by atoms with Gasteiger partial charge in [0.2, 0.25) is 0 Å². The minimum Gasteiger partial charge on any atom is -0.351 e. The molecule has 0 atom stereocenters. The van der Waals surface area contributed by atoms with Gasteiger partial charge < -0.3 is 5.32 Å². The summed E-state index contributed by atoms with van der Waals surface area (Å²) in [6.07, 6.45) is 3.40. The van der Waals surface area contributed by atoms with Crippen LogP contribution in [0.3, 0.4) is 0 Å². The highest BCUT2D eigenvalue weighted by Crippen LogP contribution is 2.08. The molecule has 0 aliphatic rings. The molecule has 1 rings (SSSR count). The van der Waals surface area contributed by atoms with Crippen LogP contribution in [0.1, 0.15) is 23.8 Å². The third-order valence-corrected chi connectivity index (χ3v) is 1.42. The molecule has 0 aliphatic carbocycles. The Labute approximate surface area is 75.8 Å². The summed E-state index contributed by atoms with van der Waals surface area (Å²) in [7, 11) is 0. The van der Waals surface area contributed by atoms with Crippen LogP contribution in [0.5, 0.6) is 5.88 Å². The van der Waals surface area contributed by atoms with Gasteiger partial charge in [0.1, 0.15) is 0 Å². The van der Waals surface area contributed by atoms with Crippen molar-refractivity contribution >= 4 is 5.91 Å². The van der Waals surface area contributed by atoms with E-state index in [9.17, 15) is 9.90 Å². The summed E-state index contributed by atoms with van der Waals surface area (Å²) >= 11 is 0. The molecule has 0 fully saturated rings. The Morgan fingerprint density at radius 1 is 1.46 bits per heavy atom. The van der Waals surface area contributed by atoms with Gasteiger partial charge in [-0.2, -0.15) is 0 Å². The number of carbonyl (C=O) groups excluding carboxylic acids is 1. The molecule has 13 heavy (non-hydrogen) atoms. The molecule has 0 aliphatic heterocycles. The van der Waals surface area contributed by atoms with E-state index in [4.69, 9.17) is 0 Å². The van der Waals surface area contributed by atoms with Crippen LogP contribution in [0.15, 0.2) is 12.4 Å². The summed E-state index contributed by atoms with van der Waals surface area (Å²) in [6.45, 7) is 2.46. The lowest BCUT2D eigenvalue weighted by Gasteiger charge is -2.01. The molecule has 0 bridgehead atoms. The Bertz CT molecular complexity index is 301. The molecule has 0 spiro atoms. The number of rotatable bonds is 3. The molecule has 0 aromatic carbocycles. The van der Waals surface area contributed by atoms with Crippen LogP contribution in [0, 0.1) is 0 Å². The number of aromatic nitrogens is 2. The minimum absolute atomic E-state index is 0.143. The Morgan fingerprint density at radius 3 is 2.77 bits per heavy atom. The average Bonchev–Trinajstić information content (AvgIpc) is 2.15. The van der Waals surface area contributed by atoms with E-state index in [-0.39, 0.29) is 5.69 Å². The van der Waals surface area contributed by atoms with Gasteiger partial charge in [-0.15, -0.1) is 0 Å². The highest BCUT2D eigenvalue weighted by Gasteiger charge is 2.13. The third kappa shape index (κ3) is 2.40. The van der Waals surface area contributed by atoms with Crippen molar-refractivity contribution < 1.29 is 9.90 Å². The van der Waals surface area contributed by atoms with E-state index in [1.165, 1.54) is 12.4 Å². The predicted molar refractivity (Wildman–Crippen MR) is 44.8 cm³/mol. The quantitative estimate of drug-likeness (QED) is 0.746. The van der Waals surface area contributed by atoms with Gasteiger partial charge in [-0.3, -0.25) is 9.90 Å². The second kappa shape index (κ2) is 4.39. The zero-order valence-corrected chi connectivity index (χ0v) is 7.28. The SMILES string of the molecule is CCCNC(=O)c1nccnc1[O]. The predicted octanol–water partition coefficient (Wildman–Crippen LogP) is 0.760. The molecule has 0 saturated carbocycles. The van der Waals surface area contributed by atoms with Crippen LogP contribution >= 0.6 is 0 Å².